The van der Waals surface area contributed by atoms with Crippen molar-refractivity contribution in [3.63, 3.8) is 0 Å². The predicted molar refractivity (Wildman–Crippen MR) is 68.8 cm³/mol. The van der Waals surface area contributed by atoms with Crippen molar-refractivity contribution in [1.82, 2.24) is 15.1 Å². The number of hydrogen-bond acceptors (Lipinski definition) is 4. The third-order valence-electron chi connectivity index (χ3n) is 3.54. The second-order valence-electron chi connectivity index (χ2n) is 5.17. The average Bonchev–Trinajstić information content (AvgIpc) is 2.35. The van der Waals surface area contributed by atoms with Gasteiger partial charge in [0.25, 0.3) is 0 Å². The Kier molecular flexibility index (Phi) is 4.36. The molecule has 0 bridgehead atoms. The number of carbonyl (C=O) groups excluding carboxylic acids is 3. The lowest BCUT2D eigenvalue weighted by atomic mass is 10.0. The van der Waals surface area contributed by atoms with Crippen LogP contribution in [0.4, 0.5) is 4.79 Å². The highest BCUT2D eigenvalue weighted by atomic mass is 16.4. The Hall–Kier alpha value is -2.12. The number of nitrogens with one attached hydrogen (secondary N) is 1. The summed E-state index contributed by atoms with van der Waals surface area (Å²) >= 11 is 0. The monoisotopic (exact) mass is 285 g/mol. The third kappa shape index (κ3) is 2.73. The number of rotatable bonds is 3. The summed E-state index contributed by atoms with van der Waals surface area (Å²) in [6.07, 6.45) is 0.339. The zero-order valence-electron chi connectivity index (χ0n) is 12.0. The molecule has 4 amide bonds. The fourth-order valence-corrected chi connectivity index (χ4v) is 1.85. The molecule has 1 aliphatic heterocycles. The highest BCUT2D eigenvalue weighted by Crippen LogP contribution is 2.18. The van der Waals surface area contributed by atoms with Crippen molar-refractivity contribution in [3.05, 3.63) is 0 Å². The van der Waals surface area contributed by atoms with E-state index in [-0.39, 0.29) is 6.54 Å². The summed E-state index contributed by atoms with van der Waals surface area (Å²) in [4.78, 5) is 48.7. The molecule has 8 heteroatoms. The van der Waals surface area contributed by atoms with E-state index >= 15 is 0 Å². The summed E-state index contributed by atoms with van der Waals surface area (Å²) in [5.41, 5.74) is -1.44. The van der Waals surface area contributed by atoms with E-state index in [0.717, 1.165) is 9.80 Å². The zero-order chi connectivity index (χ0) is 15.7. The Morgan fingerprint density at radius 2 is 2.00 bits per heavy atom. The first kappa shape index (κ1) is 15.9. The quantitative estimate of drug-likeness (QED) is 0.688. The number of aliphatic carboxylic acids is 1. The van der Waals surface area contributed by atoms with Gasteiger partial charge in [-0.1, -0.05) is 6.92 Å². The number of carbonyl (C=O) groups is 4. The van der Waals surface area contributed by atoms with Gasteiger partial charge in [-0.2, -0.15) is 0 Å². The molecule has 0 spiro atoms. The van der Waals surface area contributed by atoms with Crippen LogP contribution in [0.5, 0.6) is 0 Å². The van der Waals surface area contributed by atoms with Crippen LogP contribution in [0.1, 0.15) is 27.2 Å². The summed E-state index contributed by atoms with van der Waals surface area (Å²) in [6, 6.07) is -1.43. The van der Waals surface area contributed by atoms with Gasteiger partial charge in [0.15, 0.2) is 0 Å². The number of urea groups is 1. The minimum absolute atomic E-state index is 0.261. The van der Waals surface area contributed by atoms with Crippen LogP contribution in [0, 0.1) is 0 Å². The van der Waals surface area contributed by atoms with Crippen molar-refractivity contribution in [2.75, 3.05) is 13.6 Å². The van der Waals surface area contributed by atoms with Gasteiger partial charge in [-0.15, -0.1) is 0 Å². The molecule has 0 aromatic rings. The number of hydrogen-bond donors (Lipinski definition) is 2. The molecule has 1 aliphatic rings. The molecule has 0 aliphatic carbocycles. The lowest BCUT2D eigenvalue weighted by molar-refractivity contribution is -0.147. The molecule has 1 fully saturated rings. The van der Waals surface area contributed by atoms with Gasteiger partial charge in [-0.3, -0.25) is 14.9 Å². The van der Waals surface area contributed by atoms with Crippen LogP contribution < -0.4 is 5.32 Å². The number of nitrogens with zero attached hydrogens (tertiary/aromatic N) is 2. The molecule has 2 N–H and O–H groups in total. The molecule has 1 atom stereocenters. The maximum Gasteiger partial charge on any atom is 0.329 e. The van der Waals surface area contributed by atoms with E-state index < -0.39 is 35.4 Å². The van der Waals surface area contributed by atoms with Crippen LogP contribution in [0.2, 0.25) is 0 Å². The van der Waals surface area contributed by atoms with E-state index in [1.807, 2.05) is 0 Å². The summed E-state index contributed by atoms with van der Waals surface area (Å²) in [5.74, 6) is -2.29. The van der Waals surface area contributed by atoms with Gasteiger partial charge in [0.2, 0.25) is 11.8 Å². The molecule has 112 valence electrons. The molecule has 0 aromatic heterocycles. The molecule has 20 heavy (non-hydrogen) atoms. The van der Waals surface area contributed by atoms with Crippen LogP contribution >= 0.6 is 0 Å². The minimum atomic E-state index is -1.44. The number of piperazine rings is 1. The van der Waals surface area contributed by atoms with Gasteiger partial charge in [-0.05, 0) is 20.3 Å². The van der Waals surface area contributed by atoms with Crippen molar-refractivity contribution in [3.8, 4) is 0 Å². The SMILES string of the molecule is CCC1C(=O)NC(=O)CN1C(=O)N(C)C(C)(C)C(=O)O. The first-order valence-electron chi connectivity index (χ1n) is 6.24. The number of likely N-dealkylation sites (N-methyl/N-ethyl adjacent to an activating group) is 1. The number of carboxylic acid groups (broad SMARTS) is 1. The molecular weight excluding hydrogens is 266 g/mol. The first-order valence-corrected chi connectivity index (χ1v) is 6.24. The highest BCUT2D eigenvalue weighted by Gasteiger charge is 2.42. The van der Waals surface area contributed by atoms with Crippen molar-refractivity contribution in [1.29, 1.82) is 0 Å². The first-order chi connectivity index (χ1) is 9.12. The third-order valence-corrected chi connectivity index (χ3v) is 3.54. The van der Waals surface area contributed by atoms with Gasteiger partial charge in [-0.25, -0.2) is 9.59 Å². The number of imide groups is 1. The Bertz CT molecular complexity index is 460. The predicted octanol–water partition coefficient (Wildman–Crippen LogP) is -0.362. The van der Waals surface area contributed by atoms with Gasteiger partial charge in [0.1, 0.15) is 18.1 Å². The van der Waals surface area contributed by atoms with E-state index in [4.69, 9.17) is 5.11 Å². The second-order valence-corrected chi connectivity index (χ2v) is 5.17. The molecule has 1 rings (SSSR count). The normalized spacial score (nSPS) is 19.6. The van der Waals surface area contributed by atoms with E-state index in [9.17, 15) is 19.2 Å². The summed E-state index contributed by atoms with van der Waals surface area (Å²) < 4.78 is 0. The molecule has 1 heterocycles. The van der Waals surface area contributed by atoms with E-state index in [1.54, 1.807) is 6.92 Å². The largest absolute Gasteiger partial charge is 0.480 e. The van der Waals surface area contributed by atoms with E-state index in [0.29, 0.717) is 6.42 Å². The van der Waals surface area contributed by atoms with Crippen LogP contribution in [0.25, 0.3) is 0 Å². The van der Waals surface area contributed by atoms with Crippen molar-refractivity contribution >= 4 is 23.8 Å². The van der Waals surface area contributed by atoms with Gasteiger partial charge in [0.05, 0.1) is 0 Å². The zero-order valence-corrected chi connectivity index (χ0v) is 12.0. The number of amides is 4. The lowest BCUT2D eigenvalue weighted by Gasteiger charge is -2.40. The topological polar surface area (TPSA) is 107 Å². The Labute approximate surface area is 116 Å². The van der Waals surface area contributed by atoms with Gasteiger partial charge >= 0.3 is 12.0 Å². The minimum Gasteiger partial charge on any atom is -0.480 e. The molecule has 1 saturated heterocycles. The van der Waals surface area contributed by atoms with Crippen LogP contribution in [-0.4, -0.2) is 63.9 Å². The summed E-state index contributed by atoms with van der Waals surface area (Å²) in [6.45, 7) is 4.20. The maximum atomic E-state index is 12.4. The van der Waals surface area contributed by atoms with Gasteiger partial charge in [0, 0.05) is 7.05 Å². The molecule has 8 nitrogen and oxygen atoms in total. The van der Waals surface area contributed by atoms with Gasteiger partial charge < -0.3 is 14.9 Å². The molecule has 1 unspecified atom stereocenters. The van der Waals surface area contributed by atoms with E-state index in [1.165, 1.54) is 20.9 Å². The lowest BCUT2D eigenvalue weighted by Crippen LogP contribution is -2.64. The molecule has 0 aromatic carbocycles. The van der Waals surface area contributed by atoms with Crippen LogP contribution in [-0.2, 0) is 14.4 Å². The maximum absolute atomic E-state index is 12.4. The smallest absolute Gasteiger partial charge is 0.329 e. The standard InChI is InChI=1S/C12H19N3O5/c1-5-7-9(17)13-8(16)6-15(7)11(20)14(4)12(2,3)10(18)19/h7H,5-6H2,1-4H3,(H,18,19)(H,13,16,17). The fourth-order valence-electron chi connectivity index (χ4n) is 1.85. The van der Waals surface area contributed by atoms with Crippen molar-refractivity contribution in [2.45, 2.75) is 38.8 Å². The number of carboxylic acids is 1. The molecular formula is C12H19N3O5. The highest BCUT2D eigenvalue weighted by molar-refractivity contribution is 6.04. The average molecular weight is 285 g/mol. The van der Waals surface area contributed by atoms with Crippen molar-refractivity contribution < 1.29 is 24.3 Å². The Morgan fingerprint density at radius 1 is 1.45 bits per heavy atom. The fraction of sp³-hybridized carbons (Fsp3) is 0.667. The Morgan fingerprint density at radius 3 is 2.45 bits per heavy atom. The Balaban J connectivity index is 3.02. The van der Waals surface area contributed by atoms with Crippen LogP contribution in [0.15, 0.2) is 0 Å². The molecule has 0 saturated carbocycles. The summed E-state index contributed by atoms with van der Waals surface area (Å²) in [5, 5.41) is 11.3. The molecule has 0 radical (unpaired) electrons. The summed E-state index contributed by atoms with van der Waals surface area (Å²) in [7, 11) is 1.33. The second kappa shape index (κ2) is 5.48. The van der Waals surface area contributed by atoms with Crippen molar-refractivity contribution in [2.24, 2.45) is 0 Å². The van der Waals surface area contributed by atoms with E-state index in [2.05, 4.69) is 5.32 Å². The van der Waals surface area contributed by atoms with Crippen LogP contribution in [0.3, 0.4) is 0 Å².